The van der Waals surface area contributed by atoms with Crippen molar-refractivity contribution in [2.24, 2.45) is 4.99 Å². The van der Waals surface area contributed by atoms with Gasteiger partial charge in [0.2, 0.25) is 5.91 Å². The maximum Gasteiger partial charge on any atom is 0.221 e. The second kappa shape index (κ2) is 6.70. The minimum absolute atomic E-state index is 0.261. The van der Waals surface area contributed by atoms with Gasteiger partial charge in [0.15, 0.2) is 0 Å². The van der Waals surface area contributed by atoms with Gasteiger partial charge in [-0.15, -0.1) is 0 Å². The highest BCUT2D eigenvalue weighted by Gasteiger charge is 2.08. The normalized spacial score (nSPS) is 10.9. The Morgan fingerprint density at radius 3 is 2.62 bits per heavy atom. The largest absolute Gasteiger partial charge is 0.325 e. The summed E-state index contributed by atoms with van der Waals surface area (Å²) in [7, 11) is 0. The molecule has 0 saturated carbocycles. The maximum atomic E-state index is 13.5. The van der Waals surface area contributed by atoms with Crippen LogP contribution in [0, 0.1) is 5.82 Å². The Kier molecular flexibility index (Phi) is 4.94. The van der Waals surface area contributed by atoms with Crippen molar-refractivity contribution in [2.75, 3.05) is 5.32 Å². The fourth-order valence-corrected chi connectivity index (χ4v) is 2.12. The predicted molar refractivity (Wildman–Crippen MR) is 84.4 cm³/mol. The summed E-state index contributed by atoms with van der Waals surface area (Å²) in [6.07, 6.45) is 1.36. The highest BCUT2D eigenvalue weighted by molar-refractivity contribution is 6.38. The van der Waals surface area contributed by atoms with Crippen LogP contribution < -0.4 is 5.32 Å². The highest BCUT2D eigenvalue weighted by Crippen LogP contribution is 2.34. The number of halogens is 3. The molecule has 0 fully saturated rings. The molecule has 0 saturated heterocycles. The number of benzene rings is 2. The minimum Gasteiger partial charge on any atom is -0.325 e. The second-order valence-corrected chi connectivity index (χ2v) is 5.06. The Morgan fingerprint density at radius 1 is 1.24 bits per heavy atom. The maximum absolute atomic E-state index is 13.5. The molecule has 0 spiro atoms. The van der Waals surface area contributed by atoms with E-state index in [1.54, 1.807) is 18.2 Å². The first kappa shape index (κ1) is 15.5. The van der Waals surface area contributed by atoms with E-state index in [0.717, 1.165) is 0 Å². The van der Waals surface area contributed by atoms with Gasteiger partial charge < -0.3 is 5.32 Å². The molecule has 0 heterocycles. The highest BCUT2D eigenvalue weighted by atomic mass is 35.5. The predicted octanol–water partition coefficient (Wildman–Crippen LogP) is 4.84. The van der Waals surface area contributed by atoms with Gasteiger partial charge in [-0.05, 0) is 18.2 Å². The lowest BCUT2D eigenvalue weighted by molar-refractivity contribution is -0.114. The molecule has 0 unspecified atom stereocenters. The van der Waals surface area contributed by atoms with Crippen molar-refractivity contribution in [2.45, 2.75) is 6.92 Å². The van der Waals surface area contributed by atoms with Gasteiger partial charge in [0, 0.05) is 18.7 Å². The molecule has 2 aromatic rings. The van der Waals surface area contributed by atoms with Crippen molar-refractivity contribution in [1.82, 2.24) is 0 Å². The first-order valence-corrected chi connectivity index (χ1v) is 6.78. The number of hydrogen-bond acceptors (Lipinski definition) is 2. The molecule has 1 amide bonds. The number of nitrogens with zero attached hydrogens (tertiary/aromatic N) is 1. The van der Waals surface area contributed by atoms with E-state index in [9.17, 15) is 9.18 Å². The van der Waals surface area contributed by atoms with Crippen molar-refractivity contribution in [3.8, 4) is 0 Å². The average Bonchev–Trinajstić information content (AvgIpc) is 2.41. The third-order valence-electron chi connectivity index (χ3n) is 2.60. The van der Waals surface area contributed by atoms with Gasteiger partial charge in [-0.25, -0.2) is 4.39 Å². The molecule has 2 rings (SSSR count). The summed E-state index contributed by atoms with van der Waals surface area (Å²) >= 11 is 12.0. The topological polar surface area (TPSA) is 41.5 Å². The van der Waals surface area contributed by atoms with Crippen LogP contribution in [0.25, 0.3) is 0 Å². The SMILES string of the molecule is CC(=O)Nc1cc(N=Cc2ccccc2F)c(Cl)cc1Cl. The van der Waals surface area contributed by atoms with Gasteiger partial charge in [0.1, 0.15) is 5.82 Å². The summed E-state index contributed by atoms with van der Waals surface area (Å²) in [5, 5.41) is 3.19. The molecule has 0 aliphatic carbocycles. The Balaban J connectivity index is 2.35. The zero-order chi connectivity index (χ0) is 15.4. The Hall–Kier alpha value is -1.91. The van der Waals surface area contributed by atoms with E-state index in [1.807, 2.05) is 0 Å². The van der Waals surface area contributed by atoms with Crippen molar-refractivity contribution in [1.29, 1.82) is 0 Å². The molecule has 0 radical (unpaired) electrons. The lowest BCUT2D eigenvalue weighted by Crippen LogP contribution is -2.06. The molecule has 0 aliphatic rings. The standard InChI is InChI=1S/C15H11Cl2FN2O/c1-9(21)20-15-7-14(11(16)6-12(15)17)19-8-10-4-2-3-5-13(10)18/h2-8H,1H3,(H,20,21). The summed E-state index contributed by atoms with van der Waals surface area (Å²) in [4.78, 5) is 15.2. The summed E-state index contributed by atoms with van der Waals surface area (Å²) in [6, 6.07) is 9.24. The van der Waals surface area contributed by atoms with Crippen molar-refractivity contribution >= 4 is 46.7 Å². The number of hydrogen-bond donors (Lipinski definition) is 1. The number of carbonyl (C=O) groups is 1. The smallest absolute Gasteiger partial charge is 0.221 e. The van der Waals surface area contributed by atoms with Crippen LogP contribution in [-0.4, -0.2) is 12.1 Å². The van der Waals surface area contributed by atoms with Crippen LogP contribution in [-0.2, 0) is 4.79 Å². The van der Waals surface area contributed by atoms with Crippen LogP contribution in [0.15, 0.2) is 41.4 Å². The molecule has 21 heavy (non-hydrogen) atoms. The third kappa shape index (κ3) is 4.03. The molecular formula is C15H11Cl2FN2O. The van der Waals surface area contributed by atoms with Crippen molar-refractivity contribution < 1.29 is 9.18 Å². The van der Waals surface area contributed by atoms with E-state index >= 15 is 0 Å². The number of amides is 1. The van der Waals surface area contributed by atoms with E-state index in [2.05, 4.69) is 10.3 Å². The minimum atomic E-state index is -0.381. The van der Waals surface area contributed by atoms with Gasteiger partial charge in [-0.3, -0.25) is 9.79 Å². The second-order valence-electron chi connectivity index (χ2n) is 4.24. The summed E-state index contributed by atoms with van der Waals surface area (Å²) in [5.74, 6) is -0.642. The van der Waals surface area contributed by atoms with E-state index in [0.29, 0.717) is 27.0 Å². The lowest BCUT2D eigenvalue weighted by Gasteiger charge is -2.07. The third-order valence-corrected chi connectivity index (χ3v) is 3.21. The molecule has 0 bridgehead atoms. The van der Waals surface area contributed by atoms with Crippen LogP contribution >= 0.6 is 23.2 Å². The molecule has 0 atom stereocenters. The Labute approximate surface area is 131 Å². The van der Waals surface area contributed by atoms with Crippen LogP contribution in [0.3, 0.4) is 0 Å². The molecule has 1 N–H and O–H groups in total. The number of aliphatic imine (C=N–C) groups is 1. The molecule has 6 heteroatoms. The fraction of sp³-hybridized carbons (Fsp3) is 0.0667. The van der Waals surface area contributed by atoms with Crippen LogP contribution in [0.5, 0.6) is 0 Å². The zero-order valence-corrected chi connectivity index (χ0v) is 12.5. The fourth-order valence-electron chi connectivity index (χ4n) is 1.64. The monoisotopic (exact) mass is 324 g/mol. The molecule has 108 valence electrons. The summed E-state index contributed by atoms with van der Waals surface area (Å²) in [6.45, 7) is 1.37. The van der Waals surface area contributed by atoms with E-state index < -0.39 is 0 Å². The van der Waals surface area contributed by atoms with Crippen molar-refractivity contribution in [3.05, 3.63) is 57.8 Å². The van der Waals surface area contributed by atoms with Gasteiger partial charge in [-0.1, -0.05) is 41.4 Å². The average molecular weight is 325 g/mol. The molecule has 3 nitrogen and oxygen atoms in total. The molecular weight excluding hydrogens is 314 g/mol. The number of anilines is 1. The van der Waals surface area contributed by atoms with Crippen LogP contribution in [0.1, 0.15) is 12.5 Å². The van der Waals surface area contributed by atoms with E-state index in [-0.39, 0.29) is 11.7 Å². The molecule has 0 aliphatic heterocycles. The Morgan fingerprint density at radius 2 is 1.95 bits per heavy atom. The summed E-state index contributed by atoms with van der Waals surface area (Å²) < 4.78 is 13.5. The number of rotatable bonds is 3. The van der Waals surface area contributed by atoms with Gasteiger partial charge in [0.25, 0.3) is 0 Å². The van der Waals surface area contributed by atoms with Crippen LogP contribution in [0.4, 0.5) is 15.8 Å². The Bertz CT molecular complexity index is 717. The van der Waals surface area contributed by atoms with Crippen LogP contribution in [0.2, 0.25) is 10.0 Å². The van der Waals surface area contributed by atoms with Gasteiger partial charge >= 0.3 is 0 Å². The first-order chi connectivity index (χ1) is 9.97. The zero-order valence-electron chi connectivity index (χ0n) is 11.0. The van der Waals surface area contributed by atoms with Gasteiger partial charge in [0.05, 0.1) is 21.4 Å². The van der Waals surface area contributed by atoms with E-state index in [1.165, 1.54) is 31.3 Å². The first-order valence-electron chi connectivity index (χ1n) is 6.02. The van der Waals surface area contributed by atoms with Gasteiger partial charge in [-0.2, -0.15) is 0 Å². The molecule has 0 aromatic heterocycles. The number of nitrogens with one attached hydrogen (secondary N) is 1. The number of carbonyl (C=O) groups excluding carboxylic acids is 1. The quantitative estimate of drug-likeness (QED) is 0.806. The summed E-state index contributed by atoms with van der Waals surface area (Å²) in [5.41, 5.74) is 1.12. The lowest BCUT2D eigenvalue weighted by atomic mass is 10.2. The van der Waals surface area contributed by atoms with E-state index in [4.69, 9.17) is 23.2 Å². The molecule has 2 aromatic carbocycles. The van der Waals surface area contributed by atoms with Crippen molar-refractivity contribution in [3.63, 3.8) is 0 Å².